The van der Waals surface area contributed by atoms with Crippen LogP contribution in [0.2, 0.25) is 0 Å². The van der Waals surface area contributed by atoms with Gasteiger partial charge in [0.1, 0.15) is 5.82 Å². The molecule has 1 aromatic rings. The minimum atomic E-state index is -5.06. The Hall–Kier alpha value is -1.96. The maximum absolute atomic E-state index is 13.7. The summed E-state index contributed by atoms with van der Waals surface area (Å²) < 4.78 is 53.9. The third kappa shape index (κ3) is 2.40. The molecule has 2 aliphatic rings. The number of hydrazone groups is 1. The number of benzene rings is 1. The van der Waals surface area contributed by atoms with Crippen LogP contribution in [0.15, 0.2) is 29.4 Å². The molecule has 0 radical (unpaired) electrons. The van der Waals surface area contributed by atoms with Crippen LogP contribution in [-0.2, 0) is 0 Å². The molecule has 1 amide bonds. The number of carbonyl (C=O) groups is 1. The molecule has 3 rings (SSSR count). The van der Waals surface area contributed by atoms with Gasteiger partial charge in [-0.25, -0.2) is 4.39 Å². The first-order valence-corrected chi connectivity index (χ1v) is 7.64. The standard InChI is InChI=1S/C16H16F4N2O2/c1-9-3-2-4-12-13(9)21-22(15(12,24)16(18,19)20)14(23)10-5-7-11(17)8-6-10/h5-9,12,24H,2-4H2,1H3/t9-,12-,15-/m1/s1. The number of amides is 1. The molecule has 0 spiro atoms. The predicted molar refractivity (Wildman–Crippen MR) is 77.5 cm³/mol. The van der Waals surface area contributed by atoms with E-state index >= 15 is 0 Å². The van der Waals surface area contributed by atoms with Gasteiger partial charge in [-0.3, -0.25) is 4.79 Å². The second-order valence-electron chi connectivity index (χ2n) is 6.26. The molecule has 0 bridgehead atoms. The fraction of sp³-hybridized carbons (Fsp3) is 0.500. The lowest BCUT2D eigenvalue weighted by Gasteiger charge is -2.39. The molecular formula is C16H16F4N2O2. The summed E-state index contributed by atoms with van der Waals surface area (Å²) >= 11 is 0. The van der Waals surface area contributed by atoms with Gasteiger partial charge in [-0.2, -0.15) is 23.3 Å². The normalized spacial score (nSPS) is 30.1. The summed E-state index contributed by atoms with van der Waals surface area (Å²) in [5, 5.41) is 14.5. The van der Waals surface area contributed by atoms with Gasteiger partial charge < -0.3 is 5.11 Å². The van der Waals surface area contributed by atoms with Crippen molar-refractivity contribution in [3.05, 3.63) is 35.6 Å². The quantitative estimate of drug-likeness (QED) is 0.795. The Balaban J connectivity index is 2.06. The molecular weight excluding hydrogens is 328 g/mol. The van der Waals surface area contributed by atoms with Crippen molar-refractivity contribution >= 4 is 11.6 Å². The van der Waals surface area contributed by atoms with Crippen molar-refractivity contribution in [2.24, 2.45) is 16.9 Å². The number of halogens is 4. The van der Waals surface area contributed by atoms with Gasteiger partial charge in [0, 0.05) is 11.3 Å². The molecule has 1 N–H and O–H groups in total. The summed E-state index contributed by atoms with van der Waals surface area (Å²) in [7, 11) is 0. The summed E-state index contributed by atoms with van der Waals surface area (Å²) in [6.45, 7) is 1.73. The lowest BCUT2D eigenvalue weighted by atomic mass is 9.75. The highest BCUT2D eigenvalue weighted by atomic mass is 19.4. The van der Waals surface area contributed by atoms with Gasteiger partial charge in [0.15, 0.2) is 0 Å². The van der Waals surface area contributed by atoms with E-state index in [1.165, 1.54) is 0 Å². The number of hydrogen-bond donors (Lipinski definition) is 1. The molecule has 0 saturated heterocycles. The Bertz CT molecular complexity index is 686. The fourth-order valence-electron chi connectivity index (χ4n) is 3.42. The molecule has 1 heterocycles. The summed E-state index contributed by atoms with van der Waals surface area (Å²) in [4.78, 5) is 12.5. The van der Waals surface area contributed by atoms with Gasteiger partial charge in [0.2, 0.25) is 0 Å². The Morgan fingerprint density at radius 1 is 1.29 bits per heavy atom. The number of alkyl halides is 3. The van der Waals surface area contributed by atoms with Crippen LogP contribution in [-0.4, -0.2) is 33.6 Å². The van der Waals surface area contributed by atoms with E-state index in [9.17, 15) is 27.5 Å². The van der Waals surface area contributed by atoms with Crippen LogP contribution in [0.4, 0.5) is 17.6 Å². The first kappa shape index (κ1) is 16.9. The average molecular weight is 344 g/mol. The SMILES string of the molecule is C[C@@H]1CCC[C@@H]2C1=NN(C(=O)c1ccc(F)cc1)[C@]2(O)C(F)(F)F. The van der Waals surface area contributed by atoms with Gasteiger partial charge in [-0.15, -0.1) is 0 Å². The number of rotatable bonds is 1. The Morgan fingerprint density at radius 2 is 1.92 bits per heavy atom. The van der Waals surface area contributed by atoms with Crippen molar-refractivity contribution in [2.45, 2.75) is 38.1 Å². The molecule has 8 heteroatoms. The van der Waals surface area contributed by atoms with Gasteiger partial charge >= 0.3 is 6.18 Å². The van der Waals surface area contributed by atoms with Crippen LogP contribution >= 0.6 is 0 Å². The molecule has 1 fully saturated rings. The highest BCUT2D eigenvalue weighted by Crippen LogP contribution is 2.49. The third-order valence-electron chi connectivity index (χ3n) is 4.72. The van der Waals surface area contributed by atoms with Crippen LogP contribution in [0.5, 0.6) is 0 Å². The molecule has 130 valence electrons. The number of fused-ring (bicyclic) bond motifs is 1. The molecule has 0 unspecified atom stereocenters. The van der Waals surface area contributed by atoms with E-state index < -0.39 is 29.5 Å². The maximum Gasteiger partial charge on any atom is 0.439 e. The Morgan fingerprint density at radius 3 is 2.50 bits per heavy atom. The molecule has 3 atom stereocenters. The van der Waals surface area contributed by atoms with Crippen molar-refractivity contribution in [2.75, 3.05) is 0 Å². The van der Waals surface area contributed by atoms with E-state index in [1.807, 2.05) is 0 Å². The van der Waals surface area contributed by atoms with Crippen molar-refractivity contribution < 1.29 is 27.5 Å². The molecule has 1 aliphatic carbocycles. The molecule has 1 aliphatic heterocycles. The summed E-state index contributed by atoms with van der Waals surface area (Å²) in [5.74, 6) is -3.24. The van der Waals surface area contributed by atoms with Crippen LogP contribution in [0.3, 0.4) is 0 Å². The lowest BCUT2D eigenvalue weighted by Crippen LogP contribution is -2.61. The summed E-state index contributed by atoms with van der Waals surface area (Å²) in [5.41, 5.74) is -3.35. The molecule has 4 nitrogen and oxygen atoms in total. The molecule has 0 aromatic heterocycles. The summed E-state index contributed by atoms with van der Waals surface area (Å²) in [6, 6.07) is 4.08. The van der Waals surface area contributed by atoms with E-state index in [-0.39, 0.29) is 28.6 Å². The zero-order valence-electron chi connectivity index (χ0n) is 12.8. The first-order chi connectivity index (χ1) is 11.2. The Kier molecular flexibility index (Phi) is 3.90. The average Bonchev–Trinajstić information content (AvgIpc) is 2.83. The number of aliphatic hydroxyl groups is 1. The van der Waals surface area contributed by atoms with E-state index in [2.05, 4.69) is 5.10 Å². The molecule has 1 aromatic carbocycles. The molecule has 1 saturated carbocycles. The van der Waals surface area contributed by atoms with E-state index in [0.29, 0.717) is 12.8 Å². The largest absolute Gasteiger partial charge is 0.439 e. The van der Waals surface area contributed by atoms with Gasteiger partial charge in [-0.1, -0.05) is 13.3 Å². The minimum absolute atomic E-state index is 0.104. The number of carbonyl (C=O) groups excluding carboxylic acids is 1. The fourth-order valence-corrected chi connectivity index (χ4v) is 3.42. The van der Waals surface area contributed by atoms with Crippen LogP contribution < -0.4 is 0 Å². The first-order valence-electron chi connectivity index (χ1n) is 7.64. The number of hydrogen-bond acceptors (Lipinski definition) is 3. The van der Waals surface area contributed by atoms with Crippen molar-refractivity contribution in [3.8, 4) is 0 Å². The molecule has 24 heavy (non-hydrogen) atoms. The van der Waals surface area contributed by atoms with E-state index in [1.54, 1.807) is 6.92 Å². The second-order valence-corrected chi connectivity index (χ2v) is 6.26. The van der Waals surface area contributed by atoms with Crippen LogP contribution in [0.25, 0.3) is 0 Å². The zero-order valence-corrected chi connectivity index (χ0v) is 12.8. The van der Waals surface area contributed by atoms with Crippen molar-refractivity contribution in [1.29, 1.82) is 0 Å². The third-order valence-corrected chi connectivity index (χ3v) is 4.72. The Labute approximate surface area is 135 Å². The van der Waals surface area contributed by atoms with Gasteiger partial charge in [0.05, 0.1) is 5.92 Å². The predicted octanol–water partition coefficient (Wildman–Crippen LogP) is 3.32. The smallest absolute Gasteiger partial charge is 0.362 e. The highest BCUT2D eigenvalue weighted by Gasteiger charge is 2.69. The zero-order chi connectivity index (χ0) is 17.7. The van der Waals surface area contributed by atoms with Crippen LogP contribution in [0.1, 0.15) is 36.5 Å². The second kappa shape index (κ2) is 5.54. The lowest BCUT2D eigenvalue weighted by molar-refractivity contribution is -0.312. The number of nitrogens with zero attached hydrogens (tertiary/aromatic N) is 2. The van der Waals surface area contributed by atoms with Gasteiger partial charge in [-0.05, 0) is 43.0 Å². The van der Waals surface area contributed by atoms with E-state index in [4.69, 9.17) is 0 Å². The van der Waals surface area contributed by atoms with E-state index in [0.717, 1.165) is 24.3 Å². The highest BCUT2D eigenvalue weighted by molar-refractivity contribution is 6.00. The van der Waals surface area contributed by atoms with Crippen molar-refractivity contribution in [3.63, 3.8) is 0 Å². The topological polar surface area (TPSA) is 52.9 Å². The monoisotopic (exact) mass is 344 g/mol. The summed E-state index contributed by atoms with van der Waals surface area (Å²) in [6.07, 6.45) is -3.79. The minimum Gasteiger partial charge on any atom is -0.362 e. The van der Waals surface area contributed by atoms with Gasteiger partial charge in [0.25, 0.3) is 11.6 Å². The van der Waals surface area contributed by atoms with Crippen LogP contribution in [0, 0.1) is 17.7 Å². The van der Waals surface area contributed by atoms with Crippen molar-refractivity contribution in [1.82, 2.24) is 5.01 Å². The maximum atomic E-state index is 13.7.